The Bertz CT molecular complexity index is 860. The predicted octanol–water partition coefficient (Wildman–Crippen LogP) is 3.34. The maximum Gasteiger partial charge on any atom is 0.305 e. The summed E-state index contributed by atoms with van der Waals surface area (Å²) in [6.07, 6.45) is 2.54. The van der Waals surface area contributed by atoms with Gasteiger partial charge in [-0.15, -0.1) is 0 Å². The van der Waals surface area contributed by atoms with Crippen LogP contribution < -0.4 is 5.56 Å². The van der Waals surface area contributed by atoms with E-state index in [4.69, 9.17) is 11.6 Å². The zero-order chi connectivity index (χ0) is 16.7. The van der Waals surface area contributed by atoms with E-state index < -0.39 is 27.8 Å². The molecule has 23 heavy (non-hydrogen) atoms. The standard InChI is InChI=1S/C14H12ClF2N3O3/c15-13-12(14(21)19-5-3-1-2-4-18(13)19)8-6-11(20(22)23)10(17)7-9(8)16/h6-7H,1-5H2. The van der Waals surface area contributed by atoms with Crippen LogP contribution in [0.5, 0.6) is 0 Å². The summed E-state index contributed by atoms with van der Waals surface area (Å²) in [6.45, 7) is 0.933. The molecule has 3 rings (SSSR count). The predicted molar refractivity (Wildman–Crippen MR) is 79.6 cm³/mol. The van der Waals surface area contributed by atoms with Crippen LogP contribution in [0.15, 0.2) is 16.9 Å². The van der Waals surface area contributed by atoms with Gasteiger partial charge < -0.3 is 0 Å². The zero-order valence-corrected chi connectivity index (χ0v) is 12.6. The van der Waals surface area contributed by atoms with Crippen molar-refractivity contribution in [2.45, 2.75) is 32.4 Å². The van der Waals surface area contributed by atoms with Crippen LogP contribution in [0.3, 0.4) is 0 Å². The van der Waals surface area contributed by atoms with Gasteiger partial charge in [0, 0.05) is 30.8 Å². The van der Waals surface area contributed by atoms with Gasteiger partial charge in [-0.3, -0.25) is 19.6 Å². The van der Waals surface area contributed by atoms with E-state index >= 15 is 0 Å². The smallest absolute Gasteiger partial charge is 0.271 e. The van der Waals surface area contributed by atoms with Crippen molar-refractivity contribution in [3.63, 3.8) is 0 Å². The Balaban J connectivity index is 2.26. The minimum absolute atomic E-state index is 0.0108. The van der Waals surface area contributed by atoms with Gasteiger partial charge in [0.05, 0.1) is 10.5 Å². The third-order valence-corrected chi connectivity index (χ3v) is 4.30. The Morgan fingerprint density at radius 2 is 1.74 bits per heavy atom. The lowest BCUT2D eigenvalue weighted by atomic mass is 10.1. The average molecular weight is 344 g/mol. The van der Waals surface area contributed by atoms with E-state index in [0.717, 1.165) is 19.3 Å². The monoisotopic (exact) mass is 343 g/mol. The second-order valence-corrected chi connectivity index (χ2v) is 5.68. The molecule has 0 radical (unpaired) electrons. The van der Waals surface area contributed by atoms with Gasteiger partial charge in [0.2, 0.25) is 5.82 Å². The summed E-state index contributed by atoms with van der Waals surface area (Å²) in [5.74, 6) is -2.36. The van der Waals surface area contributed by atoms with Gasteiger partial charge in [-0.2, -0.15) is 4.39 Å². The largest absolute Gasteiger partial charge is 0.305 e. The summed E-state index contributed by atoms with van der Waals surface area (Å²) in [5, 5.41) is 10.9. The number of rotatable bonds is 2. The highest BCUT2D eigenvalue weighted by Gasteiger charge is 2.27. The molecule has 1 aromatic heterocycles. The fourth-order valence-electron chi connectivity index (χ4n) is 2.80. The molecule has 0 N–H and O–H groups in total. The number of nitro benzene ring substituents is 1. The van der Waals surface area contributed by atoms with Crippen molar-refractivity contribution in [2.75, 3.05) is 0 Å². The molecule has 0 spiro atoms. The van der Waals surface area contributed by atoms with Crippen LogP contribution in [0.25, 0.3) is 11.1 Å². The van der Waals surface area contributed by atoms with E-state index in [1.54, 1.807) is 4.68 Å². The Morgan fingerprint density at radius 1 is 1.09 bits per heavy atom. The Morgan fingerprint density at radius 3 is 2.39 bits per heavy atom. The molecule has 6 nitrogen and oxygen atoms in total. The number of fused-ring (bicyclic) bond motifs is 1. The normalized spacial score (nSPS) is 14.4. The van der Waals surface area contributed by atoms with Crippen molar-refractivity contribution in [3.05, 3.63) is 49.4 Å². The second-order valence-electron chi connectivity index (χ2n) is 5.32. The Labute approximate surface area is 134 Å². The maximum absolute atomic E-state index is 14.1. The van der Waals surface area contributed by atoms with Crippen molar-refractivity contribution < 1.29 is 13.7 Å². The summed E-state index contributed by atoms with van der Waals surface area (Å²) in [7, 11) is 0. The van der Waals surface area contributed by atoms with E-state index in [2.05, 4.69) is 0 Å². The first-order valence-electron chi connectivity index (χ1n) is 7.04. The summed E-state index contributed by atoms with van der Waals surface area (Å²) in [4.78, 5) is 22.4. The van der Waals surface area contributed by atoms with Gasteiger partial charge in [-0.1, -0.05) is 11.6 Å². The van der Waals surface area contributed by atoms with Gasteiger partial charge >= 0.3 is 5.69 Å². The topological polar surface area (TPSA) is 70.1 Å². The van der Waals surface area contributed by atoms with Gasteiger partial charge in [0.15, 0.2) is 0 Å². The van der Waals surface area contributed by atoms with Crippen LogP contribution >= 0.6 is 11.6 Å². The summed E-state index contributed by atoms with van der Waals surface area (Å²) in [6, 6.07) is 1.12. The van der Waals surface area contributed by atoms with Crippen LogP contribution in [0.1, 0.15) is 19.3 Å². The van der Waals surface area contributed by atoms with Crippen molar-refractivity contribution in [1.29, 1.82) is 0 Å². The number of nitro groups is 1. The average Bonchev–Trinajstić information content (AvgIpc) is 2.68. The van der Waals surface area contributed by atoms with Gasteiger partial charge in [0.25, 0.3) is 5.56 Å². The molecule has 0 fully saturated rings. The summed E-state index contributed by atoms with van der Waals surface area (Å²) in [5.41, 5.74) is -1.96. The first-order chi connectivity index (χ1) is 10.9. The number of hydrogen-bond acceptors (Lipinski definition) is 3. The van der Waals surface area contributed by atoms with Crippen molar-refractivity contribution in [1.82, 2.24) is 9.36 Å². The van der Waals surface area contributed by atoms with Gasteiger partial charge in [-0.25, -0.2) is 9.07 Å². The van der Waals surface area contributed by atoms with E-state index in [0.29, 0.717) is 25.2 Å². The van der Waals surface area contributed by atoms with E-state index in [9.17, 15) is 23.7 Å². The Kier molecular flexibility index (Phi) is 3.93. The van der Waals surface area contributed by atoms with Crippen LogP contribution in [0.4, 0.5) is 14.5 Å². The zero-order valence-electron chi connectivity index (χ0n) is 11.9. The SMILES string of the molecule is O=c1c(-c2cc([N+](=O)[O-])c(F)cc2F)c(Cl)n2n1CCCCC2. The van der Waals surface area contributed by atoms with Crippen molar-refractivity contribution in [3.8, 4) is 11.1 Å². The molecule has 2 aromatic rings. The van der Waals surface area contributed by atoms with Crippen LogP contribution in [-0.4, -0.2) is 14.3 Å². The van der Waals surface area contributed by atoms with Crippen LogP contribution in [-0.2, 0) is 13.1 Å². The highest BCUT2D eigenvalue weighted by atomic mass is 35.5. The third-order valence-electron chi connectivity index (χ3n) is 3.91. The van der Waals surface area contributed by atoms with Crippen LogP contribution in [0, 0.1) is 21.7 Å². The van der Waals surface area contributed by atoms with Crippen molar-refractivity contribution >= 4 is 17.3 Å². The number of benzene rings is 1. The molecule has 0 amide bonds. The maximum atomic E-state index is 14.1. The highest BCUT2D eigenvalue weighted by molar-refractivity contribution is 6.32. The molecule has 2 heterocycles. The lowest BCUT2D eigenvalue weighted by molar-refractivity contribution is -0.387. The Hall–Kier alpha value is -2.22. The molecule has 0 bridgehead atoms. The molecule has 1 aromatic carbocycles. The van der Waals surface area contributed by atoms with E-state index in [1.165, 1.54) is 4.68 Å². The van der Waals surface area contributed by atoms with E-state index in [-0.39, 0.29) is 16.3 Å². The highest BCUT2D eigenvalue weighted by Crippen LogP contribution is 2.32. The first kappa shape index (κ1) is 15.7. The lowest BCUT2D eigenvalue weighted by Crippen LogP contribution is -2.22. The molecular weight excluding hydrogens is 332 g/mol. The number of halogens is 3. The molecule has 0 saturated carbocycles. The molecule has 1 aliphatic rings. The molecular formula is C14H12ClF2N3O3. The molecule has 0 unspecified atom stereocenters. The molecule has 0 atom stereocenters. The van der Waals surface area contributed by atoms with Gasteiger partial charge in [0.1, 0.15) is 11.0 Å². The quantitative estimate of drug-likeness (QED) is 0.620. The lowest BCUT2D eigenvalue weighted by Gasteiger charge is -2.07. The van der Waals surface area contributed by atoms with Gasteiger partial charge in [-0.05, 0) is 19.3 Å². The minimum Gasteiger partial charge on any atom is -0.271 e. The second kappa shape index (κ2) is 5.77. The first-order valence-corrected chi connectivity index (χ1v) is 7.42. The molecule has 122 valence electrons. The third kappa shape index (κ3) is 2.52. The molecule has 0 saturated heterocycles. The fourth-order valence-corrected chi connectivity index (χ4v) is 3.16. The molecule has 1 aliphatic heterocycles. The van der Waals surface area contributed by atoms with Crippen LogP contribution in [0.2, 0.25) is 5.15 Å². The fraction of sp³-hybridized carbons (Fsp3) is 0.357. The summed E-state index contributed by atoms with van der Waals surface area (Å²) < 4.78 is 30.5. The number of aromatic nitrogens is 2. The summed E-state index contributed by atoms with van der Waals surface area (Å²) >= 11 is 6.21. The number of nitrogens with zero attached hydrogens (tertiary/aromatic N) is 3. The number of hydrogen-bond donors (Lipinski definition) is 0. The molecule has 0 aliphatic carbocycles. The molecule has 9 heteroatoms. The minimum atomic E-state index is -1.30. The van der Waals surface area contributed by atoms with Crippen molar-refractivity contribution in [2.24, 2.45) is 0 Å². The van der Waals surface area contributed by atoms with E-state index in [1.807, 2.05) is 0 Å².